The van der Waals surface area contributed by atoms with Crippen LogP contribution in [-0.2, 0) is 29.0 Å². The summed E-state index contributed by atoms with van der Waals surface area (Å²) in [5.74, 6) is 0.494. The molecule has 0 spiro atoms. The molecule has 2 amide bonds. The van der Waals surface area contributed by atoms with Crippen LogP contribution in [0.5, 0.6) is 5.75 Å². The summed E-state index contributed by atoms with van der Waals surface area (Å²) in [6.45, 7) is 4.33. The van der Waals surface area contributed by atoms with Crippen LogP contribution < -0.4 is 10.1 Å². The van der Waals surface area contributed by atoms with Crippen molar-refractivity contribution in [2.75, 3.05) is 7.11 Å². The largest absolute Gasteiger partial charge is 0.497 e. The van der Waals surface area contributed by atoms with E-state index < -0.39 is 6.04 Å². The molecular weight excluding hydrogens is 424 g/mol. The Bertz CT molecular complexity index is 1050. The van der Waals surface area contributed by atoms with Crippen molar-refractivity contribution in [2.45, 2.75) is 51.7 Å². The maximum absolute atomic E-state index is 13.7. The number of hydrogen-bond donors (Lipinski definition) is 1. The number of amides is 2. The van der Waals surface area contributed by atoms with E-state index in [1.54, 1.807) is 12.0 Å². The smallest absolute Gasteiger partial charge is 0.243 e. The van der Waals surface area contributed by atoms with Gasteiger partial charge in [-0.15, -0.1) is 0 Å². The van der Waals surface area contributed by atoms with Crippen molar-refractivity contribution >= 4 is 11.8 Å². The molecule has 0 bridgehead atoms. The number of rotatable bonds is 11. The molecule has 0 aliphatic heterocycles. The highest BCUT2D eigenvalue weighted by Gasteiger charge is 2.31. The second-order valence-electron chi connectivity index (χ2n) is 8.56. The monoisotopic (exact) mass is 458 g/mol. The maximum atomic E-state index is 13.7. The van der Waals surface area contributed by atoms with E-state index in [1.807, 2.05) is 98.8 Å². The molecule has 5 heteroatoms. The van der Waals surface area contributed by atoms with Crippen LogP contribution in [0.1, 0.15) is 37.0 Å². The van der Waals surface area contributed by atoms with Gasteiger partial charge in [0.15, 0.2) is 0 Å². The minimum atomic E-state index is -0.640. The first-order chi connectivity index (χ1) is 16.5. The van der Waals surface area contributed by atoms with Crippen LogP contribution in [0.2, 0.25) is 0 Å². The molecule has 2 atom stereocenters. The third kappa shape index (κ3) is 7.20. The number of methoxy groups -OCH3 is 1. The Hall–Kier alpha value is -3.60. The average Bonchev–Trinajstić information content (AvgIpc) is 2.87. The van der Waals surface area contributed by atoms with Gasteiger partial charge in [0.1, 0.15) is 11.8 Å². The Balaban J connectivity index is 1.97. The van der Waals surface area contributed by atoms with E-state index in [1.165, 1.54) is 0 Å². The number of nitrogens with zero attached hydrogens (tertiary/aromatic N) is 1. The summed E-state index contributed by atoms with van der Waals surface area (Å²) < 4.78 is 5.38. The van der Waals surface area contributed by atoms with E-state index in [-0.39, 0.29) is 24.3 Å². The van der Waals surface area contributed by atoms with Gasteiger partial charge in [-0.05, 0) is 42.2 Å². The van der Waals surface area contributed by atoms with Crippen LogP contribution >= 0.6 is 0 Å². The summed E-state index contributed by atoms with van der Waals surface area (Å²) in [7, 11) is 1.62. The molecule has 0 unspecified atom stereocenters. The molecule has 0 aliphatic rings. The van der Waals surface area contributed by atoms with Gasteiger partial charge in [0.2, 0.25) is 11.8 Å². The highest BCUT2D eigenvalue weighted by Crippen LogP contribution is 2.19. The first-order valence-electron chi connectivity index (χ1n) is 11.8. The highest BCUT2D eigenvalue weighted by molar-refractivity contribution is 5.89. The minimum absolute atomic E-state index is 0.0219. The molecule has 0 saturated heterocycles. The Morgan fingerprint density at radius 3 is 2.12 bits per heavy atom. The van der Waals surface area contributed by atoms with Gasteiger partial charge in [-0.25, -0.2) is 0 Å². The van der Waals surface area contributed by atoms with Gasteiger partial charge >= 0.3 is 0 Å². The molecule has 3 rings (SSSR count). The van der Waals surface area contributed by atoms with Crippen molar-refractivity contribution < 1.29 is 14.3 Å². The second-order valence-corrected chi connectivity index (χ2v) is 8.56. The Morgan fingerprint density at radius 1 is 0.882 bits per heavy atom. The van der Waals surface area contributed by atoms with Crippen molar-refractivity contribution in [3.63, 3.8) is 0 Å². The molecule has 178 valence electrons. The molecular formula is C29H34N2O3. The van der Waals surface area contributed by atoms with Crippen LogP contribution in [0.25, 0.3) is 0 Å². The molecule has 0 heterocycles. The zero-order valence-corrected chi connectivity index (χ0v) is 20.2. The van der Waals surface area contributed by atoms with Crippen LogP contribution in [-0.4, -0.2) is 35.9 Å². The van der Waals surface area contributed by atoms with Gasteiger partial charge in [0.05, 0.1) is 13.5 Å². The molecule has 1 N–H and O–H groups in total. The Labute approximate surface area is 202 Å². The van der Waals surface area contributed by atoms with Gasteiger partial charge in [0.25, 0.3) is 0 Å². The van der Waals surface area contributed by atoms with Crippen LogP contribution in [0.15, 0.2) is 84.9 Å². The summed E-state index contributed by atoms with van der Waals surface area (Å²) in [6.07, 6.45) is 1.48. The third-order valence-electron chi connectivity index (χ3n) is 5.96. The number of benzene rings is 3. The van der Waals surface area contributed by atoms with E-state index in [9.17, 15) is 9.59 Å². The highest BCUT2D eigenvalue weighted by atomic mass is 16.5. The fourth-order valence-corrected chi connectivity index (χ4v) is 3.83. The van der Waals surface area contributed by atoms with Crippen LogP contribution in [0, 0.1) is 0 Å². The third-order valence-corrected chi connectivity index (χ3v) is 5.96. The molecule has 0 saturated carbocycles. The molecule has 0 fully saturated rings. The van der Waals surface area contributed by atoms with E-state index in [0.717, 1.165) is 28.9 Å². The van der Waals surface area contributed by atoms with Crippen LogP contribution in [0.3, 0.4) is 0 Å². The second kappa shape index (κ2) is 12.6. The summed E-state index contributed by atoms with van der Waals surface area (Å²) in [6, 6.07) is 26.5. The summed E-state index contributed by atoms with van der Waals surface area (Å²) >= 11 is 0. The summed E-state index contributed by atoms with van der Waals surface area (Å²) in [5, 5.41) is 3.10. The van der Waals surface area contributed by atoms with Gasteiger partial charge in [-0.2, -0.15) is 0 Å². The van der Waals surface area contributed by atoms with E-state index in [4.69, 9.17) is 4.74 Å². The molecule has 0 aliphatic carbocycles. The van der Waals surface area contributed by atoms with E-state index in [0.29, 0.717) is 13.0 Å². The first kappa shape index (κ1) is 25.0. The van der Waals surface area contributed by atoms with Crippen molar-refractivity contribution in [2.24, 2.45) is 0 Å². The lowest BCUT2D eigenvalue weighted by Crippen LogP contribution is -2.52. The fraction of sp³-hybridized carbons (Fsp3) is 0.310. The molecule has 0 aromatic heterocycles. The number of ether oxygens (including phenoxy) is 1. The predicted octanol–water partition coefficient (Wildman–Crippen LogP) is 4.79. The topological polar surface area (TPSA) is 58.6 Å². The number of hydrogen-bond acceptors (Lipinski definition) is 3. The van der Waals surface area contributed by atoms with Gasteiger partial charge in [-0.1, -0.05) is 79.7 Å². The quantitative estimate of drug-likeness (QED) is 0.449. The van der Waals surface area contributed by atoms with Crippen molar-refractivity contribution in [1.82, 2.24) is 10.2 Å². The minimum Gasteiger partial charge on any atom is -0.497 e. The van der Waals surface area contributed by atoms with Gasteiger partial charge < -0.3 is 15.0 Å². The molecule has 3 aromatic carbocycles. The number of carbonyl (C=O) groups is 2. The van der Waals surface area contributed by atoms with Crippen molar-refractivity contribution in [1.29, 1.82) is 0 Å². The van der Waals surface area contributed by atoms with Crippen molar-refractivity contribution in [3.05, 3.63) is 102 Å². The zero-order chi connectivity index (χ0) is 24.3. The molecule has 3 aromatic rings. The maximum Gasteiger partial charge on any atom is 0.243 e. The first-order valence-corrected chi connectivity index (χ1v) is 11.8. The lowest BCUT2D eigenvalue weighted by atomic mass is 10.0. The predicted molar refractivity (Wildman–Crippen MR) is 136 cm³/mol. The molecule has 0 radical (unpaired) electrons. The van der Waals surface area contributed by atoms with E-state index in [2.05, 4.69) is 5.32 Å². The van der Waals surface area contributed by atoms with Gasteiger partial charge in [-0.3, -0.25) is 9.59 Å². The molecule has 5 nitrogen and oxygen atoms in total. The van der Waals surface area contributed by atoms with Crippen LogP contribution in [0.4, 0.5) is 0 Å². The van der Waals surface area contributed by atoms with E-state index >= 15 is 0 Å². The summed E-state index contributed by atoms with van der Waals surface area (Å²) in [5.41, 5.74) is 2.84. The normalized spacial score (nSPS) is 12.4. The van der Waals surface area contributed by atoms with Crippen molar-refractivity contribution in [3.8, 4) is 5.75 Å². The lowest BCUT2D eigenvalue weighted by molar-refractivity contribution is -0.141. The average molecular weight is 459 g/mol. The lowest BCUT2D eigenvalue weighted by Gasteiger charge is -2.32. The Morgan fingerprint density at radius 2 is 1.50 bits per heavy atom. The van der Waals surface area contributed by atoms with Gasteiger partial charge in [0, 0.05) is 19.0 Å². The standard InChI is InChI=1S/C29H34N2O3/c1-4-22(2)30-29(33)27(19-23-12-7-5-8-13-23)31(21-25-16-11-17-26(18-25)34-3)28(32)20-24-14-9-6-10-15-24/h5-18,22,27H,4,19-21H2,1-3H3,(H,30,33)/t22-,27-/m0/s1. The number of carbonyl (C=O) groups excluding carboxylic acids is 2. The SMILES string of the molecule is CC[C@H](C)NC(=O)[C@H](Cc1ccccc1)N(Cc1cccc(OC)c1)C(=O)Cc1ccccc1. The fourth-order valence-electron chi connectivity index (χ4n) is 3.83. The number of nitrogens with one attached hydrogen (secondary N) is 1. The Kier molecular flexibility index (Phi) is 9.27. The molecule has 34 heavy (non-hydrogen) atoms. The zero-order valence-electron chi connectivity index (χ0n) is 20.2. The summed E-state index contributed by atoms with van der Waals surface area (Å²) in [4.78, 5) is 28.9.